The van der Waals surface area contributed by atoms with E-state index >= 15 is 0 Å². The molecule has 6 nitrogen and oxygen atoms in total. The Hall–Kier alpha value is -1.77. The van der Waals surface area contributed by atoms with E-state index in [0.717, 1.165) is 0 Å². The molecule has 0 atom stereocenters. The number of pyridine rings is 1. The zero-order valence-corrected chi connectivity index (χ0v) is 12.2. The lowest BCUT2D eigenvalue weighted by molar-refractivity contribution is 0.0690. The van der Waals surface area contributed by atoms with E-state index in [0.29, 0.717) is 15.0 Å². The van der Waals surface area contributed by atoms with E-state index in [1.165, 1.54) is 17.0 Å². The molecule has 0 bridgehead atoms. The number of carboxylic acid groups (broad SMARTS) is 1. The van der Waals surface area contributed by atoms with Crippen LogP contribution >= 0.6 is 22.6 Å². The molecule has 98 valence electrons. The third kappa shape index (κ3) is 2.98. The Balaban J connectivity index is 2.37. The SMILES string of the molecule is Cc1ncn(Cc2cccc(C(=O)O)n2)c(=O)c1I. The van der Waals surface area contributed by atoms with E-state index in [4.69, 9.17) is 5.11 Å². The Morgan fingerprint density at radius 3 is 2.89 bits per heavy atom. The number of hydrogen-bond acceptors (Lipinski definition) is 4. The summed E-state index contributed by atoms with van der Waals surface area (Å²) in [6.45, 7) is 1.96. The molecule has 0 saturated carbocycles. The normalized spacial score (nSPS) is 10.4. The number of aromatic carboxylic acids is 1. The highest BCUT2D eigenvalue weighted by atomic mass is 127. The van der Waals surface area contributed by atoms with Gasteiger partial charge in [-0.05, 0) is 41.6 Å². The Bertz CT molecular complexity index is 697. The molecule has 0 unspecified atom stereocenters. The number of rotatable bonds is 3. The van der Waals surface area contributed by atoms with E-state index in [9.17, 15) is 9.59 Å². The minimum Gasteiger partial charge on any atom is -0.477 e. The Morgan fingerprint density at radius 1 is 1.47 bits per heavy atom. The summed E-state index contributed by atoms with van der Waals surface area (Å²) >= 11 is 1.94. The highest BCUT2D eigenvalue weighted by Crippen LogP contribution is 2.04. The summed E-state index contributed by atoms with van der Waals surface area (Å²) in [6, 6.07) is 4.68. The second-order valence-corrected chi connectivity index (χ2v) is 4.98. The molecule has 2 rings (SSSR count). The van der Waals surface area contributed by atoms with Gasteiger partial charge in [0, 0.05) is 0 Å². The average molecular weight is 371 g/mol. The maximum absolute atomic E-state index is 12.0. The fraction of sp³-hybridized carbons (Fsp3) is 0.167. The minimum absolute atomic E-state index is 0.0414. The van der Waals surface area contributed by atoms with Crippen LogP contribution in [0.4, 0.5) is 0 Å². The molecule has 0 spiro atoms. The van der Waals surface area contributed by atoms with E-state index < -0.39 is 5.97 Å². The van der Waals surface area contributed by atoms with E-state index in [-0.39, 0.29) is 17.8 Å². The predicted octanol–water partition coefficient (Wildman–Crippen LogP) is 1.30. The summed E-state index contributed by atoms with van der Waals surface area (Å²) < 4.78 is 1.96. The number of halogens is 1. The number of carbonyl (C=O) groups is 1. The van der Waals surface area contributed by atoms with Crippen molar-refractivity contribution in [3.8, 4) is 0 Å². The Labute approximate surface area is 122 Å². The lowest BCUT2D eigenvalue weighted by Gasteiger charge is -2.07. The lowest BCUT2D eigenvalue weighted by atomic mass is 10.3. The molecule has 1 N–H and O–H groups in total. The fourth-order valence-corrected chi connectivity index (χ4v) is 1.97. The Morgan fingerprint density at radius 2 is 2.21 bits per heavy atom. The lowest BCUT2D eigenvalue weighted by Crippen LogP contribution is -2.25. The van der Waals surface area contributed by atoms with Crippen molar-refractivity contribution in [2.75, 3.05) is 0 Å². The first-order valence-corrected chi connectivity index (χ1v) is 6.47. The van der Waals surface area contributed by atoms with Gasteiger partial charge in [-0.25, -0.2) is 14.8 Å². The van der Waals surface area contributed by atoms with Crippen LogP contribution < -0.4 is 5.56 Å². The van der Waals surface area contributed by atoms with Gasteiger partial charge in [0.2, 0.25) is 0 Å². The minimum atomic E-state index is -1.09. The van der Waals surface area contributed by atoms with Gasteiger partial charge in [-0.1, -0.05) is 6.07 Å². The molecule has 0 aromatic carbocycles. The Kier molecular flexibility index (Phi) is 3.93. The first-order valence-electron chi connectivity index (χ1n) is 5.40. The second-order valence-electron chi connectivity index (χ2n) is 3.90. The number of hydrogen-bond donors (Lipinski definition) is 1. The summed E-state index contributed by atoms with van der Waals surface area (Å²) in [7, 11) is 0. The van der Waals surface area contributed by atoms with Crippen molar-refractivity contribution in [3.63, 3.8) is 0 Å². The van der Waals surface area contributed by atoms with Crippen LogP contribution in [0.2, 0.25) is 0 Å². The summed E-state index contributed by atoms with van der Waals surface area (Å²) in [5, 5.41) is 8.87. The van der Waals surface area contributed by atoms with E-state index in [1.807, 2.05) is 22.6 Å². The molecule has 2 aromatic rings. The first-order chi connectivity index (χ1) is 8.99. The molecular weight excluding hydrogens is 361 g/mol. The highest BCUT2D eigenvalue weighted by molar-refractivity contribution is 14.1. The standard InChI is InChI=1S/C12H10IN3O3/c1-7-10(13)11(17)16(6-14-7)5-8-3-2-4-9(15-8)12(18)19/h2-4,6H,5H2,1H3,(H,18,19). The van der Waals surface area contributed by atoms with Crippen LogP contribution in [-0.4, -0.2) is 25.6 Å². The van der Waals surface area contributed by atoms with Crippen LogP contribution in [0.3, 0.4) is 0 Å². The molecule has 0 amide bonds. The first kappa shape index (κ1) is 13.7. The van der Waals surface area contributed by atoms with Gasteiger partial charge in [0.05, 0.1) is 27.8 Å². The molecule has 0 fully saturated rings. The monoisotopic (exact) mass is 371 g/mol. The molecule has 2 heterocycles. The maximum Gasteiger partial charge on any atom is 0.354 e. The smallest absolute Gasteiger partial charge is 0.354 e. The average Bonchev–Trinajstić information content (AvgIpc) is 2.40. The second kappa shape index (κ2) is 5.47. The quantitative estimate of drug-likeness (QED) is 0.823. The topological polar surface area (TPSA) is 85.1 Å². The summed E-state index contributed by atoms with van der Waals surface area (Å²) in [5.74, 6) is -1.09. The van der Waals surface area contributed by atoms with Gasteiger partial charge in [-0.3, -0.25) is 9.36 Å². The van der Waals surface area contributed by atoms with E-state index in [2.05, 4.69) is 9.97 Å². The predicted molar refractivity (Wildman–Crippen MR) is 76.2 cm³/mol. The molecule has 0 saturated heterocycles. The maximum atomic E-state index is 12.0. The van der Waals surface area contributed by atoms with Crippen molar-refractivity contribution in [3.05, 3.63) is 55.5 Å². The van der Waals surface area contributed by atoms with Gasteiger partial charge in [-0.15, -0.1) is 0 Å². The zero-order valence-electron chi connectivity index (χ0n) is 10.00. The van der Waals surface area contributed by atoms with Crippen LogP contribution in [0.5, 0.6) is 0 Å². The van der Waals surface area contributed by atoms with Crippen molar-refractivity contribution in [1.29, 1.82) is 0 Å². The third-order valence-corrected chi connectivity index (χ3v) is 3.76. The van der Waals surface area contributed by atoms with Crippen LogP contribution in [0.1, 0.15) is 21.9 Å². The number of aryl methyl sites for hydroxylation is 1. The van der Waals surface area contributed by atoms with Gasteiger partial charge in [-0.2, -0.15) is 0 Å². The molecule has 0 aliphatic heterocycles. The van der Waals surface area contributed by atoms with Crippen LogP contribution in [0, 0.1) is 10.5 Å². The van der Waals surface area contributed by atoms with Crippen molar-refractivity contribution in [2.45, 2.75) is 13.5 Å². The van der Waals surface area contributed by atoms with Gasteiger partial charge in [0.1, 0.15) is 5.69 Å². The number of carboxylic acids is 1. The molecule has 0 radical (unpaired) electrons. The van der Waals surface area contributed by atoms with Gasteiger partial charge in [0.25, 0.3) is 5.56 Å². The van der Waals surface area contributed by atoms with Crippen LogP contribution in [0.15, 0.2) is 29.3 Å². The summed E-state index contributed by atoms with van der Waals surface area (Å²) in [6.07, 6.45) is 1.44. The molecule has 19 heavy (non-hydrogen) atoms. The van der Waals surface area contributed by atoms with Gasteiger partial charge < -0.3 is 5.11 Å². The molecule has 0 aliphatic carbocycles. The van der Waals surface area contributed by atoms with E-state index in [1.54, 1.807) is 19.1 Å². The van der Waals surface area contributed by atoms with Crippen LogP contribution in [-0.2, 0) is 6.54 Å². The highest BCUT2D eigenvalue weighted by Gasteiger charge is 2.08. The van der Waals surface area contributed by atoms with Crippen LogP contribution in [0.25, 0.3) is 0 Å². The fourth-order valence-electron chi connectivity index (χ4n) is 1.52. The summed E-state index contributed by atoms with van der Waals surface area (Å²) in [5.41, 5.74) is 0.980. The van der Waals surface area contributed by atoms with Crippen molar-refractivity contribution >= 4 is 28.6 Å². The van der Waals surface area contributed by atoms with Crippen molar-refractivity contribution in [2.24, 2.45) is 0 Å². The number of aromatic nitrogens is 3. The van der Waals surface area contributed by atoms with Crippen molar-refractivity contribution in [1.82, 2.24) is 14.5 Å². The molecule has 0 aliphatic rings. The third-order valence-electron chi connectivity index (χ3n) is 2.52. The summed E-state index contributed by atoms with van der Waals surface area (Å²) in [4.78, 5) is 30.9. The zero-order chi connectivity index (χ0) is 14.0. The molecule has 2 aromatic heterocycles. The van der Waals surface area contributed by atoms with Gasteiger partial charge in [0.15, 0.2) is 0 Å². The van der Waals surface area contributed by atoms with Crippen molar-refractivity contribution < 1.29 is 9.90 Å². The molecular formula is C12H10IN3O3. The van der Waals surface area contributed by atoms with Gasteiger partial charge >= 0.3 is 5.97 Å². The number of nitrogens with zero attached hydrogens (tertiary/aromatic N) is 3. The largest absolute Gasteiger partial charge is 0.477 e. The molecule has 7 heteroatoms.